The molecule has 2 unspecified atom stereocenters. The Morgan fingerprint density at radius 2 is 2.00 bits per heavy atom. The first kappa shape index (κ1) is 15.7. The van der Waals surface area contributed by atoms with E-state index in [-0.39, 0.29) is 6.10 Å². The summed E-state index contributed by atoms with van der Waals surface area (Å²) in [5.41, 5.74) is 2.99. The van der Waals surface area contributed by atoms with E-state index < -0.39 is 0 Å². The van der Waals surface area contributed by atoms with Gasteiger partial charge in [0.1, 0.15) is 0 Å². The van der Waals surface area contributed by atoms with Crippen molar-refractivity contribution in [2.24, 2.45) is 0 Å². The summed E-state index contributed by atoms with van der Waals surface area (Å²) in [6.07, 6.45) is 14.4. The van der Waals surface area contributed by atoms with E-state index in [4.69, 9.17) is 4.84 Å². The fourth-order valence-electron chi connectivity index (χ4n) is 2.32. The number of hydrogen-bond donors (Lipinski definition) is 2. The first-order valence-corrected chi connectivity index (χ1v) is 7.55. The van der Waals surface area contributed by atoms with E-state index in [1.165, 1.54) is 32.1 Å². The summed E-state index contributed by atoms with van der Waals surface area (Å²) >= 11 is 0. The van der Waals surface area contributed by atoms with Crippen molar-refractivity contribution in [3.8, 4) is 0 Å². The summed E-state index contributed by atoms with van der Waals surface area (Å²) in [5, 5.41) is 9.87. The SMILES string of the molecule is CCCCCCCC(O)CCCC1C=CCON1. The Hall–Kier alpha value is -0.380. The van der Waals surface area contributed by atoms with Crippen molar-refractivity contribution in [2.45, 2.75) is 76.9 Å². The van der Waals surface area contributed by atoms with Gasteiger partial charge in [0.2, 0.25) is 0 Å². The number of aliphatic hydroxyl groups is 1. The fourth-order valence-corrected chi connectivity index (χ4v) is 2.32. The zero-order valence-corrected chi connectivity index (χ0v) is 11.7. The lowest BCUT2D eigenvalue weighted by Crippen LogP contribution is -2.30. The van der Waals surface area contributed by atoms with Gasteiger partial charge in [0.05, 0.1) is 18.8 Å². The van der Waals surface area contributed by atoms with E-state index in [2.05, 4.69) is 18.5 Å². The summed E-state index contributed by atoms with van der Waals surface area (Å²) in [6.45, 7) is 2.89. The lowest BCUT2D eigenvalue weighted by molar-refractivity contribution is 0.0329. The maximum Gasteiger partial charge on any atom is 0.0864 e. The van der Waals surface area contributed by atoms with Gasteiger partial charge in [0, 0.05) is 0 Å². The first-order valence-electron chi connectivity index (χ1n) is 7.55. The third-order valence-electron chi connectivity index (χ3n) is 3.48. The van der Waals surface area contributed by atoms with Crippen LogP contribution < -0.4 is 5.48 Å². The third kappa shape index (κ3) is 7.85. The fraction of sp³-hybridized carbons (Fsp3) is 0.867. The number of aliphatic hydroxyl groups excluding tert-OH is 1. The van der Waals surface area contributed by atoms with Gasteiger partial charge in [0.15, 0.2) is 0 Å². The highest BCUT2D eigenvalue weighted by Gasteiger charge is 2.09. The molecule has 0 aliphatic carbocycles. The van der Waals surface area contributed by atoms with E-state index in [0.717, 1.165) is 25.7 Å². The smallest absolute Gasteiger partial charge is 0.0864 e. The maximum absolute atomic E-state index is 9.87. The van der Waals surface area contributed by atoms with E-state index in [1.54, 1.807) is 0 Å². The van der Waals surface area contributed by atoms with Crippen LogP contribution in [0.4, 0.5) is 0 Å². The van der Waals surface area contributed by atoms with Gasteiger partial charge in [-0.15, -0.1) is 0 Å². The monoisotopic (exact) mass is 255 g/mol. The Kier molecular flexibility index (Phi) is 9.17. The molecular weight excluding hydrogens is 226 g/mol. The molecule has 106 valence electrons. The van der Waals surface area contributed by atoms with Crippen LogP contribution in [0.2, 0.25) is 0 Å². The lowest BCUT2D eigenvalue weighted by Gasteiger charge is -2.18. The summed E-state index contributed by atoms with van der Waals surface area (Å²) in [4.78, 5) is 5.14. The molecule has 2 N–H and O–H groups in total. The van der Waals surface area contributed by atoms with Crippen molar-refractivity contribution in [2.75, 3.05) is 6.61 Å². The third-order valence-corrected chi connectivity index (χ3v) is 3.48. The summed E-state index contributed by atoms with van der Waals surface area (Å²) in [5.74, 6) is 0. The Labute approximate surface area is 112 Å². The van der Waals surface area contributed by atoms with Crippen molar-refractivity contribution >= 4 is 0 Å². The van der Waals surface area contributed by atoms with E-state index in [9.17, 15) is 5.11 Å². The Balaban J connectivity index is 1.91. The predicted octanol–water partition coefficient (Wildman–Crippen LogP) is 3.34. The molecule has 1 aliphatic rings. The van der Waals surface area contributed by atoms with Crippen LogP contribution in [0.5, 0.6) is 0 Å². The highest BCUT2D eigenvalue weighted by atomic mass is 16.6. The van der Waals surface area contributed by atoms with Crippen molar-refractivity contribution < 1.29 is 9.94 Å². The molecule has 1 heterocycles. The Bertz CT molecular complexity index is 219. The van der Waals surface area contributed by atoms with Crippen molar-refractivity contribution in [1.29, 1.82) is 0 Å². The van der Waals surface area contributed by atoms with Gasteiger partial charge in [-0.3, -0.25) is 4.84 Å². The van der Waals surface area contributed by atoms with Crippen molar-refractivity contribution in [3.05, 3.63) is 12.2 Å². The van der Waals surface area contributed by atoms with Crippen LogP contribution in [-0.4, -0.2) is 23.9 Å². The zero-order chi connectivity index (χ0) is 13.1. The largest absolute Gasteiger partial charge is 0.393 e. The second kappa shape index (κ2) is 10.5. The minimum atomic E-state index is -0.111. The van der Waals surface area contributed by atoms with E-state index in [0.29, 0.717) is 12.6 Å². The molecule has 0 amide bonds. The normalized spacial score (nSPS) is 21.1. The van der Waals surface area contributed by atoms with Crippen molar-refractivity contribution in [1.82, 2.24) is 5.48 Å². The molecule has 0 aromatic rings. The molecule has 0 aromatic carbocycles. The van der Waals surface area contributed by atoms with Crippen LogP contribution in [0, 0.1) is 0 Å². The minimum absolute atomic E-state index is 0.111. The standard InChI is InChI=1S/C15H29NO2/c1-2-3-4-5-6-11-15(17)12-7-9-14-10-8-13-18-16-14/h8,10,14-17H,2-7,9,11-13H2,1H3. The number of nitrogens with one attached hydrogen (secondary N) is 1. The van der Waals surface area contributed by atoms with Gasteiger partial charge in [0.25, 0.3) is 0 Å². The molecule has 1 rings (SSSR count). The van der Waals surface area contributed by atoms with Gasteiger partial charge in [-0.2, -0.15) is 5.48 Å². The van der Waals surface area contributed by atoms with Crippen LogP contribution in [0.1, 0.15) is 64.7 Å². The molecule has 0 radical (unpaired) electrons. The zero-order valence-electron chi connectivity index (χ0n) is 11.7. The molecule has 1 aliphatic heterocycles. The number of hydroxylamine groups is 1. The molecule has 18 heavy (non-hydrogen) atoms. The number of unbranched alkanes of at least 4 members (excludes halogenated alkanes) is 4. The second-order valence-electron chi connectivity index (χ2n) is 5.25. The average molecular weight is 255 g/mol. The van der Waals surface area contributed by atoms with Crippen LogP contribution in [-0.2, 0) is 4.84 Å². The number of hydrogen-bond acceptors (Lipinski definition) is 3. The molecule has 0 bridgehead atoms. The molecule has 3 nitrogen and oxygen atoms in total. The van der Waals surface area contributed by atoms with Gasteiger partial charge in [-0.25, -0.2) is 0 Å². The molecule has 0 spiro atoms. The molecule has 0 saturated carbocycles. The Morgan fingerprint density at radius 1 is 1.22 bits per heavy atom. The van der Waals surface area contributed by atoms with Gasteiger partial charge < -0.3 is 5.11 Å². The average Bonchev–Trinajstić information content (AvgIpc) is 2.40. The number of rotatable bonds is 10. The van der Waals surface area contributed by atoms with Gasteiger partial charge in [-0.1, -0.05) is 51.2 Å². The van der Waals surface area contributed by atoms with E-state index in [1.807, 2.05) is 6.08 Å². The molecule has 0 fully saturated rings. The van der Waals surface area contributed by atoms with Crippen LogP contribution in [0.15, 0.2) is 12.2 Å². The van der Waals surface area contributed by atoms with Crippen LogP contribution in [0.25, 0.3) is 0 Å². The minimum Gasteiger partial charge on any atom is -0.393 e. The molecule has 2 atom stereocenters. The highest BCUT2D eigenvalue weighted by Crippen LogP contribution is 2.13. The predicted molar refractivity (Wildman–Crippen MR) is 75.2 cm³/mol. The lowest BCUT2D eigenvalue weighted by atomic mass is 10.0. The quantitative estimate of drug-likeness (QED) is 0.465. The Morgan fingerprint density at radius 3 is 2.72 bits per heavy atom. The van der Waals surface area contributed by atoms with Crippen molar-refractivity contribution in [3.63, 3.8) is 0 Å². The summed E-state index contributed by atoms with van der Waals surface area (Å²) < 4.78 is 0. The molecule has 0 aromatic heterocycles. The summed E-state index contributed by atoms with van der Waals surface area (Å²) in [7, 11) is 0. The second-order valence-corrected chi connectivity index (χ2v) is 5.25. The van der Waals surface area contributed by atoms with Crippen LogP contribution >= 0.6 is 0 Å². The molecule has 0 saturated heterocycles. The van der Waals surface area contributed by atoms with E-state index >= 15 is 0 Å². The highest BCUT2D eigenvalue weighted by molar-refractivity contribution is 4.94. The van der Waals surface area contributed by atoms with Gasteiger partial charge >= 0.3 is 0 Å². The maximum atomic E-state index is 9.87. The molecular formula is C15H29NO2. The van der Waals surface area contributed by atoms with Crippen LogP contribution in [0.3, 0.4) is 0 Å². The van der Waals surface area contributed by atoms with Gasteiger partial charge in [-0.05, 0) is 25.7 Å². The molecule has 3 heteroatoms. The topological polar surface area (TPSA) is 41.5 Å². The summed E-state index contributed by atoms with van der Waals surface area (Å²) in [6, 6.07) is 0.329. The first-order chi connectivity index (χ1) is 8.83.